The molecule has 1 aromatic carbocycles. The van der Waals surface area contributed by atoms with Crippen LogP contribution in [0.25, 0.3) is 0 Å². The fraction of sp³-hybridized carbons (Fsp3) is 0.562. The number of unbranched alkanes of at least 4 members (excludes halogenated alkanes) is 1. The summed E-state index contributed by atoms with van der Waals surface area (Å²) in [7, 11) is 4.64. The lowest BCUT2D eigenvalue weighted by Crippen LogP contribution is -2.17. The molecule has 5 heteroatoms. The van der Waals surface area contributed by atoms with Crippen molar-refractivity contribution in [1.82, 2.24) is 0 Å². The van der Waals surface area contributed by atoms with Crippen LogP contribution in [0.4, 0.5) is 0 Å². The minimum Gasteiger partial charge on any atom is -0.493 e. The van der Waals surface area contributed by atoms with Crippen LogP contribution < -0.4 is 14.2 Å². The normalized spacial score (nSPS) is 11.8. The van der Waals surface area contributed by atoms with Gasteiger partial charge in [-0.15, -0.1) is 0 Å². The molecule has 0 amide bonds. The van der Waals surface area contributed by atoms with E-state index in [1.807, 2.05) is 6.07 Å². The summed E-state index contributed by atoms with van der Waals surface area (Å²) in [6, 6.07) is 3.61. The Balaban J connectivity index is 3.08. The minimum atomic E-state index is -0.778. The third-order valence-corrected chi connectivity index (χ3v) is 3.51. The van der Waals surface area contributed by atoms with Gasteiger partial charge in [0.25, 0.3) is 0 Å². The maximum Gasteiger partial charge on any atom is 0.306 e. The van der Waals surface area contributed by atoms with E-state index in [2.05, 4.69) is 6.92 Å². The summed E-state index contributed by atoms with van der Waals surface area (Å²) < 4.78 is 16.0. The van der Waals surface area contributed by atoms with Crippen molar-refractivity contribution in [1.29, 1.82) is 0 Å². The van der Waals surface area contributed by atoms with E-state index >= 15 is 0 Å². The molecule has 0 saturated carbocycles. The van der Waals surface area contributed by atoms with Crippen LogP contribution in [0.3, 0.4) is 0 Å². The van der Waals surface area contributed by atoms with Gasteiger partial charge in [-0.2, -0.15) is 0 Å². The van der Waals surface area contributed by atoms with Gasteiger partial charge in [0.1, 0.15) is 0 Å². The van der Waals surface area contributed by atoms with Crippen LogP contribution in [0.2, 0.25) is 0 Å². The number of rotatable bonds is 9. The number of ether oxygens (including phenoxy) is 3. The number of aliphatic carboxylic acids is 1. The van der Waals surface area contributed by atoms with Crippen LogP contribution in [0, 0.1) is 5.92 Å². The molecule has 0 spiro atoms. The third kappa shape index (κ3) is 4.28. The molecule has 0 aromatic heterocycles. The predicted molar refractivity (Wildman–Crippen MR) is 80.5 cm³/mol. The van der Waals surface area contributed by atoms with Crippen molar-refractivity contribution in [3.05, 3.63) is 17.7 Å². The Hall–Kier alpha value is -1.91. The number of methoxy groups -OCH3 is 3. The van der Waals surface area contributed by atoms with Crippen molar-refractivity contribution >= 4 is 5.97 Å². The Morgan fingerprint density at radius 2 is 1.81 bits per heavy atom. The number of carboxylic acid groups (broad SMARTS) is 1. The zero-order valence-electron chi connectivity index (χ0n) is 13.1. The van der Waals surface area contributed by atoms with Gasteiger partial charge in [-0.3, -0.25) is 4.79 Å². The highest BCUT2D eigenvalue weighted by atomic mass is 16.5. The van der Waals surface area contributed by atoms with Gasteiger partial charge in [0.2, 0.25) is 5.75 Å². The van der Waals surface area contributed by atoms with Gasteiger partial charge in [0.15, 0.2) is 11.5 Å². The van der Waals surface area contributed by atoms with E-state index in [0.717, 1.165) is 18.4 Å². The average molecular weight is 296 g/mol. The topological polar surface area (TPSA) is 65.0 Å². The first-order chi connectivity index (χ1) is 10.1. The fourth-order valence-electron chi connectivity index (χ4n) is 2.35. The quantitative estimate of drug-likeness (QED) is 0.758. The van der Waals surface area contributed by atoms with Gasteiger partial charge in [-0.25, -0.2) is 0 Å². The van der Waals surface area contributed by atoms with Gasteiger partial charge in [0.05, 0.1) is 27.2 Å². The lowest BCUT2D eigenvalue weighted by atomic mass is 9.93. The van der Waals surface area contributed by atoms with Crippen LogP contribution in [0.15, 0.2) is 12.1 Å². The Morgan fingerprint density at radius 1 is 1.14 bits per heavy atom. The largest absolute Gasteiger partial charge is 0.493 e. The zero-order chi connectivity index (χ0) is 15.8. The lowest BCUT2D eigenvalue weighted by molar-refractivity contribution is -0.142. The lowest BCUT2D eigenvalue weighted by Gasteiger charge is -2.18. The number of hydrogen-bond acceptors (Lipinski definition) is 4. The van der Waals surface area contributed by atoms with Crippen molar-refractivity contribution in [2.24, 2.45) is 5.92 Å². The fourth-order valence-corrected chi connectivity index (χ4v) is 2.35. The molecule has 5 nitrogen and oxygen atoms in total. The van der Waals surface area contributed by atoms with E-state index in [9.17, 15) is 9.90 Å². The van der Waals surface area contributed by atoms with E-state index in [1.54, 1.807) is 20.3 Å². The number of carbonyl (C=O) groups is 1. The number of hydrogen-bond donors (Lipinski definition) is 1. The second kappa shape index (κ2) is 8.39. The highest BCUT2D eigenvalue weighted by Gasteiger charge is 2.22. The van der Waals surface area contributed by atoms with Crippen LogP contribution in [0.5, 0.6) is 17.2 Å². The monoisotopic (exact) mass is 296 g/mol. The molecule has 118 valence electrons. The Bertz CT molecular complexity index is 470. The Kier molecular flexibility index (Phi) is 6.85. The predicted octanol–water partition coefficient (Wildman–Crippen LogP) is 3.15. The molecule has 1 unspecified atom stereocenters. The van der Waals surface area contributed by atoms with E-state index in [0.29, 0.717) is 30.1 Å². The number of carboxylic acids is 1. The van der Waals surface area contributed by atoms with Crippen LogP contribution >= 0.6 is 0 Å². The maximum atomic E-state index is 11.4. The van der Waals surface area contributed by atoms with E-state index in [4.69, 9.17) is 14.2 Å². The average Bonchev–Trinajstić information content (AvgIpc) is 2.49. The second-order valence-electron chi connectivity index (χ2n) is 4.87. The van der Waals surface area contributed by atoms with Crippen molar-refractivity contribution in [3.63, 3.8) is 0 Å². The van der Waals surface area contributed by atoms with E-state index in [-0.39, 0.29) is 0 Å². The molecule has 0 fully saturated rings. The first-order valence-electron chi connectivity index (χ1n) is 7.09. The summed E-state index contributed by atoms with van der Waals surface area (Å²) >= 11 is 0. The van der Waals surface area contributed by atoms with Crippen LogP contribution in [-0.2, 0) is 11.2 Å². The highest BCUT2D eigenvalue weighted by Crippen LogP contribution is 2.40. The van der Waals surface area contributed by atoms with Crippen molar-refractivity contribution in [2.75, 3.05) is 21.3 Å². The van der Waals surface area contributed by atoms with E-state index in [1.165, 1.54) is 7.11 Å². The van der Waals surface area contributed by atoms with Gasteiger partial charge >= 0.3 is 5.97 Å². The molecule has 1 N–H and O–H groups in total. The smallest absolute Gasteiger partial charge is 0.306 e. The maximum absolute atomic E-state index is 11.4. The first kappa shape index (κ1) is 17.1. The molecule has 0 heterocycles. The molecule has 1 atom stereocenters. The molecule has 21 heavy (non-hydrogen) atoms. The SMILES string of the molecule is CCCCC(Cc1ccc(OC)c(OC)c1OC)C(=O)O. The second-order valence-corrected chi connectivity index (χ2v) is 4.87. The minimum absolute atomic E-state index is 0.416. The number of benzene rings is 1. The summed E-state index contributed by atoms with van der Waals surface area (Å²) in [4.78, 5) is 11.4. The van der Waals surface area contributed by atoms with Crippen molar-refractivity contribution in [3.8, 4) is 17.2 Å². The molecule has 1 rings (SSSR count). The van der Waals surface area contributed by atoms with Crippen LogP contribution in [-0.4, -0.2) is 32.4 Å². The van der Waals surface area contributed by atoms with Gasteiger partial charge in [-0.1, -0.05) is 25.8 Å². The van der Waals surface area contributed by atoms with Crippen LogP contribution in [0.1, 0.15) is 31.7 Å². The van der Waals surface area contributed by atoms with Gasteiger partial charge in [-0.05, 0) is 24.5 Å². The van der Waals surface area contributed by atoms with Crippen molar-refractivity contribution < 1.29 is 24.1 Å². The summed E-state index contributed by atoms with van der Waals surface area (Å²) in [6.07, 6.45) is 2.95. The summed E-state index contributed by atoms with van der Waals surface area (Å²) in [6.45, 7) is 2.05. The standard InChI is InChI=1S/C16H24O5/c1-5-6-7-12(16(17)18)10-11-8-9-13(19-2)15(21-4)14(11)20-3/h8-9,12H,5-7,10H2,1-4H3,(H,17,18). The van der Waals surface area contributed by atoms with E-state index < -0.39 is 11.9 Å². The molecule has 0 aliphatic heterocycles. The third-order valence-electron chi connectivity index (χ3n) is 3.51. The summed E-state index contributed by atoms with van der Waals surface area (Å²) in [5.41, 5.74) is 0.818. The molecular weight excluding hydrogens is 272 g/mol. The molecule has 0 radical (unpaired) electrons. The molecule has 1 aromatic rings. The summed E-state index contributed by atoms with van der Waals surface area (Å²) in [5.74, 6) is 0.410. The molecule has 0 aliphatic rings. The molecular formula is C16H24O5. The molecule has 0 bridgehead atoms. The Labute approximate surface area is 125 Å². The first-order valence-corrected chi connectivity index (χ1v) is 7.09. The molecule has 0 aliphatic carbocycles. The van der Waals surface area contributed by atoms with Gasteiger partial charge < -0.3 is 19.3 Å². The summed E-state index contributed by atoms with van der Waals surface area (Å²) in [5, 5.41) is 9.36. The highest BCUT2D eigenvalue weighted by molar-refractivity contribution is 5.71. The molecule has 0 saturated heterocycles. The zero-order valence-corrected chi connectivity index (χ0v) is 13.1. The Morgan fingerprint density at radius 3 is 2.29 bits per heavy atom. The van der Waals surface area contributed by atoms with Crippen molar-refractivity contribution in [2.45, 2.75) is 32.6 Å². The van der Waals surface area contributed by atoms with Gasteiger partial charge in [0, 0.05) is 0 Å².